The monoisotopic (exact) mass is 491 g/mol. The smallest absolute Gasteiger partial charge is 0.291 e. The quantitative estimate of drug-likeness (QED) is 0.499. The van der Waals surface area contributed by atoms with Crippen LogP contribution < -0.4 is 15.4 Å². The summed E-state index contributed by atoms with van der Waals surface area (Å²) in [7, 11) is 0. The van der Waals surface area contributed by atoms with Crippen molar-refractivity contribution in [2.24, 2.45) is 0 Å². The van der Waals surface area contributed by atoms with E-state index in [4.69, 9.17) is 13.9 Å². The number of ether oxygens (including phenoxy) is 2. The highest BCUT2D eigenvalue weighted by molar-refractivity contribution is 6.02. The summed E-state index contributed by atoms with van der Waals surface area (Å²) in [6.07, 6.45) is 1.45. The second kappa shape index (κ2) is 11.5. The van der Waals surface area contributed by atoms with Crippen molar-refractivity contribution < 1.29 is 28.3 Å². The lowest BCUT2D eigenvalue weighted by Crippen LogP contribution is -2.48. The first-order valence-electron chi connectivity index (χ1n) is 11.8. The maximum absolute atomic E-state index is 12.8. The largest absolute Gasteiger partial charge is 0.484 e. The van der Waals surface area contributed by atoms with Crippen LogP contribution in [0.4, 0.5) is 5.69 Å². The molecule has 1 aliphatic rings. The first kappa shape index (κ1) is 25.0. The van der Waals surface area contributed by atoms with E-state index in [1.54, 1.807) is 48.5 Å². The molecule has 0 radical (unpaired) electrons. The Morgan fingerprint density at radius 1 is 1.00 bits per heavy atom. The Hall–Kier alpha value is -4.11. The number of rotatable bonds is 8. The van der Waals surface area contributed by atoms with Crippen LogP contribution in [0.2, 0.25) is 0 Å². The molecule has 36 heavy (non-hydrogen) atoms. The predicted molar refractivity (Wildman–Crippen MR) is 133 cm³/mol. The lowest BCUT2D eigenvalue weighted by atomic mass is 10.1. The van der Waals surface area contributed by atoms with E-state index in [0.717, 1.165) is 5.56 Å². The molecule has 3 aromatic rings. The van der Waals surface area contributed by atoms with E-state index in [1.807, 2.05) is 30.9 Å². The summed E-state index contributed by atoms with van der Waals surface area (Å²) in [5.74, 6) is -0.0582. The third-order valence-corrected chi connectivity index (χ3v) is 5.60. The second-order valence-corrected chi connectivity index (χ2v) is 8.69. The molecule has 9 nitrogen and oxygen atoms in total. The van der Waals surface area contributed by atoms with Crippen molar-refractivity contribution in [1.82, 2.24) is 10.2 Å². The first-order valence-corrected chi connectivity index (χ1v) is 11.8. The zero-order valence-electron chi connectivity index (χ0n) is 20.2. The standard InChI is InChI=1S/C27H29N3O6/c1-18-15-30(16-19(2)36-18)27(33)21-10-8-20(9-11-21)14-28-25(31)17-35-23-6-3-5-22(13-23)29-26(32)24-7-4-12-34-24/h3-13,18-19H,14-17H2,1-2H3,(H,28,31)(H,29,32). The number of nitrogens with one attached hydrogen (secondary N) is 2. The molecule has 2 N–H and O–H groups in total. The van der Waals surface area contributed by atoms with E-state index in [1.165, 1.54) is 6.26 Å². The SMILES string of the molecule is CC1CN(C(=O)c2ccc(CNC(=O)COc3cccc(NC(=O)c4ccco4)c3)cc2)CC(C)O1. The summed E-state index contributed by atoms with van der Waals surface area (Å²) in [6, 6.07) is 17.1. The summed E-state index contributed by atoms with van der Waals surface area (Å²) >= 11 is 0. The molecule has 1 fully saturated rings. The van der Waals surface area contributed by atoms with Gasteiger partial charge in [0.2, 0.25) is 0 Å². The Balaban J connectivity index is 1.23. The Morgan fingerprint density at radius 2 is 1.75 bits per heavy atom. The average molecular weight is 492 g/mol. The van der Waals surface area contributed by atoms with Gasteiger partial charge in [-0.2, -0.15) is 0 Å². The molecular formula is C27H29N3O6. The highest BCUT2D eigenvalue weighted by atomic mass is 16.5. The zero-order valence-corrected chi connectivity index (χ0v) is 20.2. The third kappa shape index (κ3) is 6.73. The molecule has 0 saturated carbocycles. The van der Waals surface area contributed by atoms with E-state index in [0.29, 0.717) is 36.6 Å². The van der Waals surface area contributed by atoms with Crippen molar-refractivity contribution in [2.75, 3.05) is 25.0 Å². The highest BCUT2D eigenvalue weighted by Gasteiger charge is 2.26. The molecule has 0 aliphatic carbocycles. The number of amides is 3. The van der Waals surface area contributed by atoms with Gasteiger partial charge < -0.3 is 29.4 Å². The average Bonchev–Trinajstić information content (AvgIpc) is 3.41. The molecule has 188 valence electrons. The maximum Gasteiger partial charge on any atom is 0.291 e. The number of benzene rings is 2. The van der Waals surface area contributed by atoms with Crippen molar-refractivity contribution in [1.29, 1.82) is 0 Å². The molecule has 2 atom stereocenters. The summed E-state index contributed by atoms with van der Waals surface area (Å²) in [4.78, 5) is 39.0. The lowest BCUT2D eigenvalue weighted by molar-refractivity contribution is -0.123. The fourth-order valence-corrected chi connectivity index (χ4v) is 3.96. The Morgan fingerprint density at radius 3 is 2.44 bits per heavy atom. The zero-order chi connectivity index (χ0) is 25.5. The lowest BCUT2D eigenvalue weighted by Gasteiger charge is -2.35. The summed E-state index contributed by atoms with van der Waals surface area (Å²) in [5, 5.41) is 5.51. The third-order valence-electron chi connectivity index (χ3n) is 5.60. The van der Waals surface area contributed by atoms with E-state index in [-0.39, 0.29) is 42.3 Å². The minimum absolute atomic E-state index is 0.0114. The molecule has 1 aliphatic heterocycles. The number of carbonyl (C=O) groups is 3. The van der Waals surface area contributed by atoms with E-state index in [9.17, 15) is 14.4 Å². The molecule has 2 aromatic carbocycles. The van der Waals surface area contributed by atoms with Gasteiger partial charge in [-0.25, -0.2) is 0 Å². The topological polar surface area (TPSA) is 110 Å². The van der Waals surface area contributed by atoms with E-state index < -0.39 is 0 Å². The molecule has 1 aromatic heterocycles. The van der Waals surface area contributed by atoms with Gasteiger partial charge in [0.15, 0.2) is 12.4 Å². The Kier molecular flexibility index (Phi) is 8.02. The van der Waals surface area contributed by atoms with Gasteiger partial charge in [0, 0.05) is 37.0 Å². The predicted octanol–water partition coefficient (Wildman–Crippen LogP) is 3.48. The molecule has 9 heteroatoms. The van der Waals surface area contributed by atoms with E-state index in [2.05, 4.69) is 10.6 Å². The van der Waals surface area contributed by atoms with Crippen LogP contribution in [-0.2, 0) is 16.1 Å². The molecule has 3 amide bonds. The van der Waals surface area contributed by atoms with Gasteiger partial charge in [-0.15, -0.1) is 0 Å². The number of furan rings is 1. The second-order valence-electron chi connectivity index (χ2n) is 8.69. The van der Waals surface area contributed by atoms with Gasteiger partial charge in [0.25, 0.3) is 17.7 Å². The van der Waals surface area contributed by atoms with Gasteiger partial charge >= 0.3 is 0 Å². The van der Waals surface area contributed by atoms with Gasteiger partial charge in [0.05, 0.1) is 18.5 Å². The van der Waals surface area contributed by atoms with E-state index >= 15 is 0 Å². The fourth-order valence-electron chi connectivity index (χ4n) is 3.96. The van der Waals surface area contributed by atoms with Crippen molar-refractivity contribution in [3.63, 3.8) is 0 Å². The number of hydrogen-bond donors (Lipinski definition) is 2. The van der Waals surface area contributed by atoms with Crippen LogP contribution in [0.25, 0.3) is 0 Å². The number of anilines is 1. The maximum atomic E-state index is 12.8. The number of nitrogens with zero attached hydrogens (tertiary/aromatic N) is 1. The number of carbonyl (C=O) groups excluding carboxylic acids is 3. The van der Waals surface area contributed by atoms with Crippen LogP contribution in [0.1, 0.15) is 40.3 Å². The first-order chi connectivity index (χ1) is 17.4. The molecule has 4 rings (SSSR count). The molecule has 0 bridgehead atoms. The number of hydrogen-bond acceptors (Lipinski definition) is 6. The molecule has 1 saturated heterocycles. The Labute approximate surface area is 209 Å². The molecule has 2 unspecified atom stereocenters. The number of morpholine rings is 1. The van der Waals surface area contributed by atoms with Crippen molar-refractivity contribution in [3.05, 3.63) is 83.8 Å². The summed E-state index contributed by atoms with van der Waals surface area (Å²) in [5.41, 5.74) is 1.99. The van der Waals surface area contributed by atoms with Gasteiger partial charge in [-0.3, -0.25) is 14.4 Å². The summed E-state index contributed by atoms with van der Waals surface area (Å²) < 4.78 is 16.3. The van der Waals surface area contributed by atoms with Crippen molar-refractivity contribution in [2.45, 2.75) is 32.6 Å². The van der Waals surface area contributed by atoms with Crippen LogP contribution >= 0.6 is 0 Å². The van der Waals surface area contributed by atoms with Gasteiger partial charge in [-0.05, 0) is 55.8 Å². The highest BCUT2D eigenvalue weighted by Crippen LogP contribution is 2.18. The van der Waals surface area contributed by atoms with Crippen molar-refractivity contribution >= 4 is 23.4 Å². The van der Waals surface area contributed by atoms with Crippen LogP contribution in [0, 0.1) is 0 Å². The summed E-state index contributed by atoms with van der Waals surface area (Å²) in [6.45, 7) is 5.19. The molecule has 0 spiro atoms. The van der Waals surface area contributed by atoms with Crippen LogP contribution in [0.3, 0.4) is 0 Å². The van der Waals surface area contributed by atoms with Crippen molar-refractivity contribution in [3.8, 4) is 5.75 Å². The molecule has 2 heterocycles. The minimum atomic E-state index is -0.378. The van der Waals surface area contributed by atoms with Gasteiger partial charge in [-0.1, -0.05) is 18.2 Å². The molecular weight excluding hydrogens is 462 g/mol. The van der Waals surface area contributed by atoms with Crippen LogP contribution in [-0.4, -0.2) is 54.5 Å². The Bertz CT molecular complexity index is 1180. The fraction of sp³-hybridized carbons (Fsp3) is 0.296. The van der Waals surface area contributed by atoms with Crippen LogP contribution in [0.15, 0.2) is 71.3 Å². The van der Waals surface area contributed by atoms with Crippen LogP contribution in [0.5, 0.6) is 5.75 Å². The minimum Gasteiger partial charge on any atom is -0.484 e. The normalized spacial score (nSPS) is 17.3. The van der Waals surface area contributed by atoms with Gasteiger partial charge in [0.1, 0.15) is 5.75 Å².